The number of ether oxygens (including phenoxy) is 1. The molecule has 122 valence electrons. The van der Waals surface area contributed by atoms with E-state index < -0.39 is 0 Å². The molecule has 0 radical (unpaired) electrons. The Kier molecular flexibility index (Phi) is 5.80. The molecule has 0 saturated carbocycles. The average molecular weight is 316 g/mol. The molecule has 0 fully saturated rings. The third-order valence-corrected chi connectivity index (χ3v) is 3.35. The lowest BCUT2D eigenvalue weighted by atomic mass is 10.2. The van der Waals surface area contributed by atoms with Gasteiger partial charge in [0.25, 0.3) is 0 Å². The smallest absolute Gasteiger partial charge is 0.226 e. The first-order chi connectivity index (χ1) is 11.1. The van der Waals surface area contributed by atoms with Gasteiger partial charge in [-0.15, -0.1) is 0 Å². The second kappa shape index (κ2) is 8.03. The zero-order valence-corrected chi connectivity index (χ0v) is 13.2. The van der Waals surface area contributed by atoms with E-state index in [2.05, 4.69) is 5.32 Å². The third-order valence-electron chi connectivity index (χ3n) is 3.35. The van der Waals surface area contributed by atoms with E-state index in [1.807, 2.05) is 0 Å². The van der Waals surface area contributed by atoms with Crippen LogP contribution in [0.25, 0.3) is 0 Å². The normalized spacial score (nSPS) is 10.2. The molecule has 0 saturated heterocycles. The first-order valence-corrected chi connectivity index (χ1v) is 7.30. The van der Waals surface area contributed by atoms with Gasteiger partial charge in [0, 0.05) is 25.6 Å². The fourth-order valence-corrected chi connectivity index (χ4v) is 2.07. The number of hydrogen-bond acceptors (Lipinski definition) is 4. The Balaban J connectivity index is 1.84. The van der Waals surface area contributed by atoms with Gasteiger partial charge in [0.2, 0.25) is 11.8 Å². The molecule has 1 heterocycles. The second-order valence-electron chi connectivity index (χ2n) is 5.05. The number of hydrogen-bond donors (Lipinski definition) is 1. The summed E-state index contributed by atoms with van der Waals surface area (Å²) in [6, 6.07) is 10.6. The summed E-state index contributed by atoms with van der Waals surface area (Å²) in [6.45, 7) is 2.17. The van der Waals surface area contributed by atoms with Crippen molar-refractivity contribution in [2.75, 3.05) is 19.0 Å². The van der Waals surface area contributed by atoms with Crippen LogP contribution in [0.5, 0.6) is 5.75 Å². The molecule has 23 heavy (non-hydrogen) atoms. The molecule has 0 aliphatic heterocycles. The van der Waals surface area contributed by atoms with Crippen molar-refractivity contribution in [1.82, 2.24) is 4.90 Å². The number of anilines is 1. The number of amides is 2. The average Bonchev–Trinajstić information content (AvgIpc) is 3.05. The zero-order chi connectivity index (χ0) is 16.7. The highest BCUT2D eigenvalue weighted by atomic mass is 16.5. The van der Waals surface area contributed by atoms with Gasteiger partial charge in [0.1, 0.15) is 11.5 Å². The minimum atomic E-state index is -0.152. The van der Waals surface area contributed by atoms with Crippen LogP contribution in [0, 0.1) is 0 Å². The quantitative estimate of drug-likeness (QED) is 0.852. The molecule has 1 N–H and O–H groups in total. The van der Waals surface area contributed by atoms with Crippen molar-refractivity contribution < 1.29 is 18.7 Å². The van der Waals surface area contributed by atoms with Crippen LogP contribution in [0.3, 0.4) is 0 Å². The van der Waals surface area contributed by atoms with E-state index in [9.17, 15) is 9.59 Å². The molecule has 2 amide bonds. The van der Waals surface area contributed by atoms with Crippen molar-refractivity contribution in [3.8, 4) is 5.75 Å². The molecular weight excluding hydrogens is 296 g/mol. The highest BCUT2D eigenvalue weighted by molar-refractivity contribution is 5.91. The topological polar surface area (TPSA) is 71.8 Å². The SMILES string of the molecule is COc1ccc(NC(=O)CCN(Cc2ccco2)C(C)=O)cc1. The number of methoxy groups -OCH3 is 1. The van der Waals surface area contributed by atoms with Crippen LogP contribution in [-0.2, 0) is 16.1 Å². The summed E-state index contributed by atoms with van der Waals surface area (Å²) in [5.41, 5.74) is 0.691. The van der Waals surface area contributed by atoms with Crippen LogP contribution in [0.4, 0.5) is 5.69 Å². The van der Waals surface area contributed by atoms with Crippen LogP contribution in [0.15, 0.2) is 47.1 Å². The van der Waals surface area contributed by atoms with Gasteiger partial charge >= 0.3 is 0 Å². The molecule has 2 aromatic rings. The van der Waals surface area contributed by atoms with Crippen molar-refractivity contribution >= 4 is 17.5 Å². The van der Waals surface area contributed by atoms with Gasteiger partial charge < -0.3 is 19.4 Å². The zero-order valence-electron chi connectivity index (χ0n) is 13.2. The van der Waals surface area contributed by atoms with Crippen molar-refractivity contribution in [2.24, 2.45) is 0 Å². The fourth-order valence-electron chi connectivity index (χ4n) is 2.07. The monoisotopic (exact) mass is 316 g/mol. The van der Waals surface area contributed by atoms with Gasteiger partial charge in [-0.1, -0.05) is 0 Å². The van der Waals surface area contributed by atoms with Gasteiger partial charge in [-0.2, -0.15) is 0 Å². The number of benzene rings is 1. The molecule has 6 heteroatoms. The summed E-state index contributed by atoms with van der Waals surface area (Å²) < 4.78 is 10.3. The van der Waals surface area contributed by atoms with Crippen molar-refractivity contribution in [2.45, 2.75) is 19.9 Å². The summed E-state index contributed by atoms with van der Waals surface area (Å²) >= 11 is 0. The standard InChI is InChI=1S/C17H20N2O4/c1-13(20)19(12-16-4-3-11-23-16)10-9-17(21)18-14-5-7-15(22-2)8-6-14/h3-8,11H,9-10,12H2,1-2H3,(H,18,21). The molecule has 1 aromatic carbocycles. The van der Waals surface area contributed by atoms with Crippen LogP contribution >= 0.6 is 0 Å². The number of carbonyl (C=O) groups is 2. The third kappa shape index (κ3) is 5.18. The Morgan fingerprint density at radius 2 is 1.96 bits per heavy atom. The number of carbonyl (C=O) groups excluding carboxylic acids is 2. The van der Waals surface area contributed by atoms with Gasteiger partial charge in [0.05, 0.1) is 19.9 Å². The maximum Gasteiger partial charge on any atom is 0.226 e. The van der Waals surface area contributed by atoms with Gasteiger partial charge in [-0.25, -0.2) is 0 Å². The van der Waals surface area contributed by atoms with E-state index in [1.165, 1.54) is 6.92 Å². The Hall–Kier alpha value is -2.76. The van der Waals surface area contributed by atoms with E-state index in [1.54, 1.807) is 54.7 Å². The van der Waals surface area contributed by atoms with E-state index >= 15 is 0 Å². The summed E-state index contributed by atoms with van der Waals surface area (Å²) in [7, 11) is 1.59. The van der Waals surface area contributed by atoms with Crippen molar-refractivity contribution in [1.29, 1.82) is 0 Å². The van der Waals surface area contributed by atoms with Gasteiger partial charge in [-0.3, -0.25) is 9.59 Å². The predicted octanol–water partition coefficient (Wildman–Crippen LogP) is 2.67. The minimum Gasteiger partial charge on any atom is -0.497 e. The van der Waals surface area contributed by atoms with Gasteiger partial charge in [-0.05, 0) is 36.4 Å². The molecular formula is C17H20N2O4. The molecule has 0 bridgehead atoms. The lowest BCUT2D eigenvalue weighted by Gasteiger charge is -2.19. The van der Waals surface area contributed by atoms with Crippen LogP contribution < -0.4 is 10.1 Å². The molecule has 0 unspecified atom stereocenters. The lowest BCUT2D eigenvalue weighted by molar-refractivity contribution is -0.130. The Labute approximate surface area is 135 Å². The van der Waals surface area contributed by atoms with E-state index in [0.717, 1.165) is 5.75 Å². The molecule has 2 rings (SSSR count). The Morgan fingerprint density at radius 3 is 2.52 bits per heavy atom. The first-order valence-electron chi connectivity index (χ1n) is 7.30. The van der Waals surface area contributed by atoms with E-state index in [-0.39, 0.29) is 18.2 Å². The summed E-state index contributed by atoms with van der Waals surface area (Å²) in [4.78, 5) is 25.2. The molecule has 0 spiro atoms. The van der Waals surface area contributed by atoms with E-state index in [0.29, 0.717) is 24.5 Å². The van der Waals surface area contributed by atoms with Crippen LogP contribution in [0.2, 0.25) is 0 Å². The number of rotatable bonds is 7. The highest BCUT2D eigenvalue weighted by Gasteiger charge is 2.13. The molecule has 0 atom stereocenters. The van der Waals surface area contributed by atoms with Crippen molar-refractivity contribution in [3.63, 3.8) is 0 Å². The second-order valence-corrected chi connectivity index (χ2v) is 5.05. The van der Waals surface area contributed by atoms with E-state index in [4.69, 9.17) is 9.15 Å². The number of nitrogens with zero attached hydrogens (tertiary/aromatic N) is 1. The van der Waals surface area contributed by atoms with Gasteiger partial charge in [0.15, 0.2) is 0 Å². The maximum atomic E-state index is 12.0. The lowest BCUT2D eigenvalue weighted by Crippen LogP contribution is -2.31. The maximum absolute atomic E-state index is 12.0. The number of nitrogens with one attached hydrogen (secondary N) is 1. The summed E-state index contributed by atoms with van der Waals surface area (Å²) in [5.74, 6) is 1.17. The van der Waals surface area contributed by atoms with Crippen LogP contribution in [0.1, 0.15) is 19.1 Å². The van der Waals surface area contributed by atoms with Crippen molar-refractivity contribution in [3.05, 3.63) is 48.4 Å². The summed E-state index contributed by atoms with van der Waals surface area (Å²) in [5, 5.41) is 2.79. The van der Waals surface area contributed by atoms with Crippen LogP contribution in [-0.4, -0.2) is 30.4 Å². The molecule has 1 aromatic heterocycles. The Bertz CT molecular complexity index is 635. The molecule has 6 nitrogen and oxygen atoms in total. The molecule has 0 aliphatic carbocycles. The Morgan fingerprint density at radius 1 is 1.22 bits per heavy atom. The first kappa shape index (κ1) is 16.6. The number of furan rings is 1. The fraction of sp³-hybridized carbons (Fsp3) is 0.294. The predicted molar refractivity (Wildman–Crippen MR) is 86.0 cm³/mol. The minimum absolute atomic E-state index is 0.0985. The highest BCUT2D eigenvalue weighted by Crippen LogP contribution is 2.15. The largest absolute Gasteiger partial charge is 0.497 e. The summed E-state index contributed by atoms with van der Waals surface area (Å²) in [6.07, 6.45) is 1.77. The molecule has 0 aliphatic rings.